The van der Waals surface area contributed by atoms with Crippen molar-refractivity contribution in [3.8, 4) is 5.75 Å². The molecule has 0 aliphatic carbocycles. The summed E-state index contributed by atoms with van der Waals surface area (Å²) < 4.78 is 23.4. The summed E-state index contributed by atoms with van der Waals surface area (Å²) in [4.78, 5) is 11.5. The third-order valence-electron chi connectivity index (χ3n) is 2.03. The molecule has 0 aliphatic heterocycles. The van der Waals surface area contributed by atoms with E-state index >= 15 is 0 Å². The van der Waals surface area contributed by atoms with Crippen LogP contribution in [0.3, 0.4) is 0 Å². The van der Waals surface area contributed by atoms with Gasteiger partial charge < -0.3 is 9.47 Å². The molecule has 0 aliphatic rings. The Kier molecular flexibility index (Phi) is 4.94. The highest BCUT2D eigenvalue weighted by atomic mass is 19.1. The normalized spacial score (nSPS) is 12.3. The third-order valence-corrected chi connectivity index (χ3v) is 2.03. The molecule has 17 heavy (non-hydrogen) atoms. The van der Waals surface area contributed by atoms with Crippen LogP contribution in [0.25, 0.3) is 0 Å². The van der Waals surface area contributed by atoms with Gasteiger partial charge in [-0.05, 0) is 25.0 Å². The Bertz CT molecular complexity index is 377. The van der Waals surface area contributed by atoms with Crippen molar-refractivity contribution in [1.82, 2.24) is 0 Å². The van der Waals surface area contributed by atoms with Crippen LogP contribution in [0.15, 0.2) is 24.3 Å². The summed E-state index contributed by atoms with van der Waals surface area (Å²) in [7, 11) is 0. The first-order valence-electron chi connectivity index (χ1n) is 5.58. The fourth-order valence-corrected chi connectivity index (χ4v) is 1.15. The van der Waals surface area contributed by atoms with Crippen molar-refractivity contribution in [2.24, 2.45) is 5.92 Å². The van der Waals surface area contributed by atoms with Crippen LogP contribution in [0.2, 0.25) is 0 Å². The molecule has 0 aromatic heterocycles. The van der Waals surface area contributed by atoms with Crippen molar-refractivity contribution in [2.75, 3.05) is 6.61 Å². The molecule has 0 radical (unpaired) electrons. The number of hydrogen-bond acceptors (Lipinski definition) is 3. The van der Waals surface area contributed by atoms with Crippen LogP contribution in [0.1, 0.15) is 20.8 Å². The van der Waals surface area contributed by atoms with Gasteiger partial charge in [0.25, 0.3) is 0 Å². The monoisotopic (exact) mass is 240 g/mol. The Hall–Kier alpha value is -1.58. The number of ether oxygens (including phenoxy) is 2. The van der Waals surface area contributed by atoms with Crippen LogP contribution in [0, 0.1) is 11.7 Å². The molecule has 1 atom stereocenters. The Morgan fingerprint density at radius 3 is 2.53 bits per heavy atom. The third kappa shape index (κ3) is 4.43. The highest BCUT2D eigenvalue weighted by Crippen LogP contribution is 2.17. The average Bonchev–Trinajstić information content (AvgIpc) is 2.28. The minimum Gasteiger partial charge on any atom is -0.476 e. The molecule has 0 saturated heterocycles. The van der Waals surface area contributed by atoms with E-state index in [4.69, 9.17) is 9.47 Å². The lowest BCUT2D eigenvalue weighted by atomic mass is 10.2. The van der Waals surface area contributed by atoms with Crippen LogP contribution in [-0.4, -0.2) is 18.7 Å². The van der Waals surface area contributed by atoms with Gasteiger partial charge in [-0.2, -0.15) is 0 Å². The van der Waals surface area contributed by atoms with Crippen LogP contribution >= 0.6 is 0 Å². The topological polar surface area (TPSA) is 35.5 Å². The average molecular weight is 240 g/mol. The molecule has 0 heterocycles. The van der Waals surface area contributed by atoms with Gasteiger partial charge in [-0.1, -0.05) is 26.0 Å². The van der Waals surface area contributed by atoms with Gasteiger partial charge in [-0.25, -0.2) is 9.18 Å². The first-order valence-corrected chi connectivity index (χ1v) is 5.58. The Balaban J connectivity index is 2.51. The largest absolute Gasteiger partial charge is 0.476 e. The Morgan fingerprint density at radius 2 is 1.94 bits per heavy atom. The first kappa shape index (κ1) is 13.5. The molecule has 0 saturated carbocycles. The lowest BCUT2D eigenvalue weighted by molar-refractivity contribution is -0.152. The van der Waals surface area contributed by atoms with Crippen LogP contribution in [-0.2, 0) is 9.53 Å². The van der Waals surface area contributed by atoms with Gasteiger partial charge in [0.1, 0.15) is 0 Å². The summed E-state index contributed by atoms with van der Waals surface area (Å²) in [6.07, 6.45) is -0.814. The maximum absolute atomic E-state index is 13.3. The lowest BCUT2D eigenvalue weighted by Gasteiger charge is -2.15. The quantitative estimate of drug-likeness (QED) is 0.742. The maximum Gasteiger partial charge on any atom is 0.347 e. The predicted molar refractivity (Wildman–Crippen MR) is 62.3 cm³/mol. The smallest absolute Gasteiger partial charge is 0.347 e. The Morgan fingerprint density at radius 1 is 1.29 bits per heavy atom. The van der Waals surface area contributed by atoms with Gasteiger partial charge in [0.2, 0.25) is 0 Å². The second-order valence-electron chi connectivity index (χ2n) is 4.21. The van der Waals surface area contributed by atoms with E-state index in [1.54, 1.807) is 12.1 Å². The van der Waals surface area contributed by atoms with Crippen LogP contribution in [0.4, 0.5) is 4.39 Å². The van der Waals surface area contributed by atoms with Crippen molar-refractivity contribution >= 4 is 5.97 Å². The predicted octanol–water partition coefficient (Wildman–Crippen LogP) is 2.79. The molecular weight excluding hydrogens is 223 g/mol. The summed E-state index contributed by atoms with van der Waals surface area (Å²) >= 11 is 0. The second-order valence-corrected chi connectivity index (χ2v) is 4.21. The molecule has 0 bridgehead atoms. The van der Waals surface area contributed by atoms with E-state index in [1.165, 1.54) is 19.1 Å². The number of rotatable bonds is 5. The first-order chi connectivity index (χ1) is 8.00. The van der Waals surface area contributed by atoms with Crippen molar-refractivity contribution in [3.63, 3.8) is 0 Å². The van der Waals surface area contributed by atoms with Gasteiger partial charge in [0.15, 0.2) is 17.7 Å². The molecule has 1 aromatic carbocycles. The van der Waals surface area contributed by atoms with Gasteiger partial charge >= 0.3 is 5.97 Å². The number of halogens is 1. The fourth-order valence-electron chi connectivity index (χ4n) is 1.15. The Labute approximate surface area is 101 Å². The van der Waals surface area contributed by atoms with E-state index in [0.717, 1.165) is 0 Å². The number of esters is 1. The molecule has 0 fully saturated rings. The van der Waals surface area contributed by atoms with Crippen molar-refractivity contribution < 1.29 is 18.7 Å². The zero-order valence-corrected chi connectivity index (χ0v) is 10.3. The summed E-state index contributed by atoms with van der Waals surface area (Å²) in [5.41, 5.74) is 0. The zero-order valence-electron chi connectivity index (χ0n) is 10.3. The molecule has 94 valence electrons. The highest BCUT2D eigenvalue weighted by Gasteiger charge is 2.18. The number of hydrogen-bond donors (Lipinski definition) is 0. The van der Waals surface area contributed by atoms with E-state index < -0.39 is 17.9 Å². The van der Waals surface area contributed by atoms with Crippen molar-refractivity contribution in [1.29, 1.82) is 0 Å². The van der Waals surface area contributed by atoms with Gasteiger partial charge in [-0.3, -0.25) is 0 Å². The molecule has 3 nitrogen and oxygen atoms in total. The van der Waals surface area contributed by atoms with Crippen LogP contribution in [0.5, 0.6) is 5.75 Å². The van der Waals surface area contributed by atoms with E-state index in [1.807, 2.05) is 13.8 Å². The van der Waals surface area contributed by atoms with Gasteiger partial charge in [0.05, 0.1) is 6.61 Å². The molecule has 0 N–H and O–H groups in total. The van der Waals surface area contributed by atoms with E-state index in [0.29, 0.717) is 6.61 Å². The number of para-hydroxylation sites is 1. The highest BCUT2D eigenvalue weighted by molar-refractivity contribution is 5.74. The van der Waals surface area contributed by atoms with Crippen molar-refractivity contribution in [2.45, 2.75) is 26.9 Å². The summed E-state index contributed by atoms with van der Waals surface area (Å²) in [6.45, 7) is 5.75. The van der Waals surface area contributed by atoms with E-state index in [-0.39, 0.29) is 11.7 Å². The number of carbonyl (C=O) groups is 1. The molecule has 1 rings (SSSR count). The molecule has 1 aromatic rings. The number of carbonyl (C=O) groups excluding carboxylic acids is 1. The molecule has 0 unspecified atom stereocenters. The van der Waals surface area contributed by atoms with Gasteiger partial charge in [0, 0.05) is 0 Å². The second kappa shape index (κ2) is 6.23. The molecule has 0 amide bonds. The van der Waals surface area contributed by atoms with Gasteiger partial charge in [-0.15, -0.1) is 0 Å². The summed E-state index contributed by atoms with van der Waals surface area (Å²) in [5, 5.41) is 0. The molecular formula is C13H17FO3. The maximum atomic E-state index is 13.3. The minimum atomic E-state index is -0.814. The van der Waals surface area contributed by atoms with Crippen molar-refractivity contribution in [3.05, 3.63) is 30.1 Å². The number of benzene rings is 1. The summed E-state index contributed by atoms with van der Waals surface area (Å²) in [5.74, 6) is -0.654. The summed E-state index contributed by atoms with van der Waals surface area (Å²) in [6, 6.07) is 5.96. The van der Waals surface area contributed by atoms with Crippen LogP contribution < -0.4 is 4.74 Å². The molecule has 4 heteroatoms. The van der Waals surface area contributed by atoms with E-state index in [2.05, 4.69) is 0 Å². The SMILES string of the molecule is CC(C)COC(=O)[C@@H](C)Oc1ccccc1F. The standard InChI is InChI=1S/C13H17FO3/c1-9(2)8-16-13(15)10(3)17-12-7-5-4-6-11(12)14/h4-7,9-10H,8H2,1-3H3/t10-/m1/s1. The van der Waals surface area contributed by atoms with E-state index in [9.17, 15) is 9.18 Å². The molecule has 0 spiro atoms. The lowest BCUT2D eigenvalue weighted by Crippen LogP contribution is -2.27. The fraction of sp³-hybridized carbons (Fsp3) is 0.462. The zero-order chi connectivity index (χ0) is 12.8. The minimum absolute atomic E-state index is 0.0569.